The topological polar surface area (TPSA) is 70.5 Å². The van der Waals surface area contributed by atoms with E-state index in [4.69, 9.17) is 14.7 Å². The highest BCUT2D eigenvalue weighted by atomic mass is 16.5. The lowest BCUT2D eigenvalue weighted by Crippen LogP contribution is -2.42. The zero-order valence-corrected chi connectivity index (χ0v) is 17.9. The predicted molar refractivity (Wildman–Crippen MR) is 117 cm³/mol. The maximum absolute atomic E-state index is 10.3. The Morgan fingerprint density at radius 2 is 1.79 bits per heavy atom. The summed E-state index contributed by atoms with van der Waals surface area (Å²) in [7, 11) is 1.58. The first kappa shape index (κ1) is 20.2. The van der Waals surface area contributed by atoms with Gasteiger partial charge < -0.3 is 20.1 Å². The van der Waals surface area contributed by atoms with Crippen LogP contribution in [0.5, 0.6) is 11.5 Å². The van der Waals surface area contributed by atoms with E-state index in [1.165, 1.54) is 19.3 Å². The molecule has 1 aliphatic carbocycles. The van der Waals surface area contributed by atoms with Crippen molar-refractivity contribution >= 4 is 16.7 Å². The van der Waals surface area contributed by atoms with Crippen molar-refractivity contribution in [1.29, 1.82) is 0 Å². The second-order valence-corrected chi connectivity index (χ2v) is 8.85. The number of anilines is 1. The summed E-state index contributed by atoms with van der Waals surface area (Å²) in [5.74, 6) is 2.81. The molecule has 6 nitrogen and oxygen atoms in total. The van der Waals surface area contributed by atoms with E-state index in [0.717, 1.165) is 61.3 Å². The molecule has 2 aliphatic rings. The number of hydrogen-bond donors (Lipinski definition) is 2. The van der Waals surface area contributed by atoms with E-state index in [2.05, 4.69) is 24.1 Å². The van der Waals surface area contributed by atoms with Gasteiger partial charge in [0.05, 0.1) is 12.6 Å². The van der Waals surface area contributed by atoms with Crippen LogP contribution in [-0.4, -0.2) is 52.3 Å². The number of nitrogens with one attached hydrogen (secondary N) is 1. The summed E-state index contributed by atoms with van der Waals surface area (Å²) >= 11 is 0. The average Bonchev–Trinajstić information content (AvgIpc) is 2.74. The first-order valence-electron chi connectivity index (χ1n) is 11.1. The highest BCUT2D eigenvalue weighted by Gasteiger charge is 2.24. The fourth-order valence-corrected chi connectivity index (χ4v) is 4.73. The molecular formula is C23H34N4O2. The molecule has 0 amide bonds. The van der Waals surface area contributed by atoms with Gasteiger partial charge in [-0.25, -0.2) is 9.97 Å². The number of methoxy groups -OCH3 is 1. The molecule has 2 aromatic rings. The van der Waals surface area contributed by atoms with E-state index in [1.807, 2.05) is 6.07 Å². The van der Waals surface area contributed by atoms with Gasteiger partial charge in [0, 0.05) is 42.5 Å². The molecule has 4 rings (SSSR count). The van der Waals surface area contributed by atoms with Gasteiger partial charge in [0.2, 0.25) is 0 Å². The number of phenolic OH excluding ortho intramolecular Hbond substituents is 1. The van der Waals surface area contributed by atoms with Crippen molar-refractivity contribution in [2.45, 2.75) is 76.8 Å². The Balaban J connectivity index is 1.66. The average molecular weight is 399 g/mol. The summed E-state index contributed by atoms with van der Waals surface area (Å²) in [6, 6.07) is 4.58. The molecule has 1 aromatic heterocycles. The molecule has 6 heteroatoms. The Morgan fingerprint density at radius 3 is 2.45 bits per heavy atom. The van der Waals surface area contributed by atoms with Crippen LogP contribution < -0.4 is 10.1 Å². The Hall–Kier alpha value is -2.08. The van der Waals surface area contributed by atoms with E-state index in [9.17, 15) is 5.11 Å². The van der Waals surface area contributed by atoms with Crippen LogP contribution >= 0.6 is 0 Å². The zero-order chi connectivity index (χ0) is 20.4. The van der Waals surface area contributed by atoms with Gasteiger partial charge in [-0.2, -0.15) is 0 Å². The van der Waals surface area contributed by atoms with Crippen LogP contribution in [0.25, 0.3) is 10.9 Å². The van der Waals surface area contributed by atoms with Crippen molar-refractivity contribution < 1.29 is 9.84 Å². The van der Waals surface area contributed by atoms with E-state index >= 15 is 0 Å². The number of nitrogens with zero attached hydrogens (tertiary/aromatic N) is 3. The van der Waals surface area contributed by atoms with E-state index in [-0.39, 0.29) is 5.75 Å². The van der Waals surface area contributed by atoms with Gasteiger partial charge in [0.25, 0.3) is 0 Å². The van der Waals surface area contributed by atoms with Crippen molar-refractivity contribution in [3.63, 3.8) is 0 Å². The Morgan fingerprint density at radius 1 is 1.07 bits per heavy atom. The van der Waals surface area contributed by atoms with Gasteiger partial charge in [-0.15, -0.1) is 0 Å². The summed E-state index contributed by atoms with van der Waals surface area (Å²) in [5, 5.41) is 14.9. The fourth-order valence-electron chi connectivity index (χ4n) is 4.73. The molecule has 0 radical (unpaired) electrons. The molecule has 1 saturated carbocycles. The largest absolute Gasteiger partial charge is 0.504 e. The number of phenols is 1. The van der Waals surface area contributed by atoms with Crippen LogP contribution in [0.15, 0.2) is 12.1 Å². The molecular weight excluding hydrogens is 364 g/mol. The number of benzene rings is 1. The monoisotopic (exact) mass is 398 g/mol. The van der Waals surface area contributed by atoms with Crippen molar-refractivity contribution in [3.05, 3.63) is 18.0 Å². The quantitative estimate of drug-likeness (QED) is 0.762. The molecule has 0 unspecified atom stereocenters. The van der Waals surface area contributed by atoms with Crippen molar-refractivity contribution in [1.82, 2.24) is 14.9 Å². The number of likely N-dealkylation sites (tertiary alicyclic amines) is 1. The highest BCUT2D eigenvalue weighted by Crippen LogP contribution is 2.37. The molecule has 158 valence electrons. The van der Waals surface area contributed by atoms with E-state index < -0.39 is 0 Å². The van der Waals surface area contributed by atoms with Crippen LogP contribution in [-0.2, 0) is 0 Å². The van der Waals surface area contributed by atoms with Crippen molar-refractivity contribution in [2.75, 3.05) is 25.5 Å². The smallest absolute Gasteiger partial charge is 0.161 e. The highest BCUT2D eigenvalue weighted by molar-refractivity contribution is 5.92. The number of aromatic hydroxyl groups is 1. The molecule has 0 spiro atoms. The number of piperidine rings is 1. The second kappa shape index (κ2) is 8.74. The molecule has 2 heterocycles. The number of rotatable bonds is 5. The molecule has 0 atom stereocenters. The zero-order valence-electron chi connectivity index (χ0n) is 17.9. The third kappa shape index (κ3) is 4.42. The lowest BCUT2D eigenvalue weighted by molar-refractivity contribution is 0.177. The lowest BCUT2D eigenvalue weighted by atomic mass is 9.88. The maximum atomic E-state index is 10.3. The Kier molecular flexibility index (Phi) is 6.09. The van der Waals surface area contributed by atoms with E-state index in [0.29, 0.717) is 23.8 Å². The molecule has 2 fully saturated rings. The van der Waals surface area contributed by atoms with Gasteiger partial charge in [-0.1, -0.05) is 19.3 Å². The summed E-state index contributed by atoms with van der Waals surface area (Å²) < 4.78 is 5.35. The normalized spacial score (nSPS) is 19.7. The third-order valence-corrected chi connectivity index (χ3v) is 6.58. The van der Waals surface area contributed by atoms with Crippen LogP contribution in [0.3, 0.4) is 0 Å². The van der Waals surface area contributed by atoms with Gasteiger partial charge in [0.15, 0.2) is 11.5 Å². The van der Waals surface area contributed by atoms with Crippen LogP contribution in [0, 0.1) is 0 Å². The molecule has 0 bridgehead atoms. The minimum Gasteiger partial charge on any atom is -0.504 e. The molecule has 29 heavy (non-hydrogen) atoms. The van der Waals surface area contributed by atoms with Gasteiger partial charge in [-0.05, 0) is 45.6 Å². The number of fused-ring (bicyclic) bond motifs is 1. The van der Waals surface area contributed by atoms with E-state index in [1.54, 1.807) is 13.2 Å². The summed E-state index contributed by atoms with van der Waals surface area (Å²) in [6.07, 6.45) is 8.32. The Labute approximate surface area is 173 Å². The van der Waals surface area contributed by atoms with Crippen molar-refractivity contribution in [3.8, 4) is 11.5 Å². The van der Waals surface area contributed by atoms with Crippen LogP contribution in [0.2, 0.25) is 0 Å². The SMILES string of the molecule is COc1cc2c(NC3CCN(C(C)C)CC3)nc(C3CCCCC3)nc2cc1O. The van der Waals surface area contributed by atoms with Gasteiger partial charge in [-0.3, -0.25) is 0 Å². The fraction of sp³-hybridized carbons (Fsp3) is 0.652. The molecule has 1 saturated heterocycles. The van der Waals surface area contributed by atoms with Crippen LogP contribution in [0.1, 0.15) is 70.5 Å². The van der Waals surface area contributed by atoms with Gasteiger partial charge in [0.1, 0.15) is 11.6 Å². The summed E-state index contributed by atoms with van der Waals surface area (Å²) in [4.78, 5) is 12.4. The number of ether oxygens (including phenoxy) is 1. The molecule has 1 aromatic carbocycles. The lowest BCUT2D eigenvalue weighted by Gasteiger charge is -2.35. The van der Waals surface area contributed by atoms with Crippen molar-refractivity contribution in [2.24, 2.45) is 0 Å². The maximum Gasteiger partial charge on any atom is 0.161 e. The first-order valence-corrected chi connectivity index (χ1v) is 11.1. The first-order chi connectivity index (χ1) is 14.0. The summed E-state index contributed by atoms with van der Waals surface area (Å²) in [5.41, 5.74) is 0.793. The second-order valence-electron chi connectivity index (χ2n) is 8.85. The number of aromatic nitrogens is 2. The predicted octanol–water partition coefficient (Wildman–Crippen LogP) is 4.68. The van der Waals surface area contributed by atoms with Crippen LogP contribution in [0.4, 0.5) is 5.82 Å². The standard InChI is InChI=1S/C23H34N4O2/c1-15(2)27-11-9-17(10-12-27)24-23-18-13-21(29-3)20(28)14-19(18)25-22(26-23)16-7-5-4-6-8-16/h13-17,28H,4-12H2,1-3H3,(H,24,25,26). The third-order valence-electron chi connectivity index (χ3n) is 6.58. The minimum absolute atomic E-state index is 0.129. The minimum atomic E-state index is 0.129. The Bertz CT molecular complexity index is 840. The number of hydrogen-bond acceptors (Lipinski definition) is 6. The molecule has 2 N–H and O–H groups in total. The summed E-state index contributed by atoms with van der Waals surface area (Å²) in [6.45, 7) is 6.75. The molecule has 1 aliphatic heterocycles. The van der Waals surface area contributed by atoms with Gasteiger partial charge >= 0.3 is 0 Å².